The molecule has 5 nitrogen and oxygen atoms in total. The molecule has 0 radical (unpaired) electrons. The lowest BCUT2D eigenvalue weighted by molar-refractivity contribution is 0.0975. The third-order valence-corrected chi connectivity index (χ3v) is 4.89. The maximum Gasteiger partial charge on any atom is 0.261 e. The summed E-state index contributed by atoms with van der Waals surface area (Å²) in [6.45, 7) is 3.31. The van der Waals surface area contributed by atoms with Crippen molar-refractivity contribution < 1.29 is 9.53 Å². The lowest BCUT2D eigenvalue weighted by Crippen LogP contribution is -2.34. The Bertz CT molecular complexity index is 820. The molecular formula is C20H22ClN3O2S. The Hall–Kier alpha value is -2.15. The Morgan fingerprint density at radius 3 is 2.56 bits per heavy atom. The lowest BCUT2D eigenvalue weighted by atomic mass is 10.2. The number of nitrogens with zero attached hydrogens (tertiary/aromatic N) is 1. The van der Waals surface area contributed by atoms with Crippen molar-refractivity contribution >= 4 is 40.5 Å². The van der Waals surface area contributed by atoms with Gasteiger partial charge >= 0.3 is 0 Å². The third-order valence-electron chi connectivity index (χ3n) is 4.45. The zero-order valence-corrected chi connectivity index (χ0v) is 16.7. The molecule has 0 aliphatic carbocycles. The predicted molar refractivity (Wildman–Crippen MR) is 113 cm³/mol. The molecule has 142 valence electrons. The van der Waals surface area contributed by atoms with Gasteiger partial charge in [-0.25, -0.2) is 0 Å². The minimum atomic E-state index is -0.377. The van der Waals surface area contributed by atoms with Crippen LogP contribution in [0.3, 0.4) is 0 Å². The van der Waals surface area contributed by atoms with Crippen LogP contribution in [0.1, 0.15) is 28.8 Å². The number of rotatable bonds is 5. The maximum atomic E-state index is 12.4. The minimum Gasteiger partial charge on any atom is -0.496 e. The van der Waals surface area contributed by atoms with Gasteiger partial charge in [0.25, 0.3) is 5.91 Å². The second kappa shape index (κ2) is 9.17. The zero-order chi connectivity index (χ0) is 19.2. The Balaban J connectivity index is 1.57. The predicted octanol–water partition coefficient (Wildman–Crippen LogP) is 4.07. The molecule has 1 heterocycles. The molecule has 2 aromatic rings. The molecule has 7 heteroatoms. The second-order valence-electron chi connectivity index (χ2n) is 6.43. The van der Waals surface area contributed by atoms with E-state index in [0.29, 0.717) is 16.3 Å². The SMILES string of the molecule is COc1ccc(Cl)cc1C(=O)NC(=S)Nc1ccc(CN2CCCC2)cc1. The van der Waals surface area contributed by atoms with E-state index in [9.17, 15) is 4.79 Å². The molecule has 0 unspecified atom stereocenters. The molecule has 0 spiro atoms. The molecule has 1 aliphatic rings. The number of ether oxygens (including phenoxy) is 1. The summed E-state index contributed by atoms with van der Waals surface area (Å²) in [5.74, 6) is 0.0588. The van der Waals surface area contributed by atoms with E-state index in [1.165, 1.54) is 38.6 Å². The fraction of sp³-hybridized carbons (Fsp3) is 0.300. The average molecular weight is 404 g/mol. The van der Waals surface area contributed by atoms with Crippen molar-refractivity contribution in [2.75, 3.05) is 25.5 Å². The van der Waals surface area contributed by atoms with Gasteiger partial charge < -0.3 is 10.1 Å². The van der Waals surface area contributed by atoms with Crippen LogP contribution < -0.4 is 15.4 Å². The number of thiocarbonyl (C=S) groups is 1. The molecular weight excluding hydrogens is 382 g/mol. The molecule has 2 N–H and O–H groups in total. The van der Waals surface area contributed by atoms with Gasteiger partial charge in [0.1, 0.15) is 5.75 Å². The monoisotopic (exact) mass is 403 g/mol. The number of anilines is 1. The van der Waals surface area contributed by atoms with Crippen LogP contribution >= 0.6 is 23.8 Å². The van der Waals surface area contributed by atoms with Gasteiger partial charge in [-0.15, -0.1) is 0 Å². The smallest absolute Gasteiger partial charge is 0.261 e. The van der Waals surface area contributed by atoms with Crippen molar-refractivity contribution in [3.05, 3.63) is 58.6 Å². The molecule has 1 saturated heterocycles. The van der Waals surface area contributed by atoms with Crippen LogP contribution in [0.15, 0.2) is 42.5 Å². The summed E-state index contributed by atoms with van der Waals surface area (Å²) < 4.78 is 5.20. The van der Waals surface area contributed by atoms with Crippen molar-refractivity contribution in [3.63, 3.8) is 0 Å². The number of hydrogen-bond donors (Lipinski definition) is 2. The van der Waals surface area contributed by atoms with Gasteiger partial charge in [-0.2, -0.15) is 0 Å². The third kappa shape index (κ3) is 5.42. The van der Waals surface area contributed by atoms with E-state index >= 15 is 0 Å². The summed E-state index contributed by atoms with van der Waals surface area (Å²) in [4.78, 5) is 14.9. The van der Waals surface area contributed by atoms with Crippen LogP contribution in [0, 0.1) is 0 Å². The van der Waals surface area contributed by atoms with Crippen LogP contribution in [-0.4, -0.2) is 36.1 Å². The molecule has 1 aliphatic heterocycles. The number of nitrogens with one attached hydrogen (secondary N) is 2. The first kappa shape index (κ1) is 19.6. The highest BCUT2D eigenvalue weighted by molar-refractivity contribution is 7.80. The molecule has 0 aromatic heterocycles. The molecule has 2 aromatic carbocycles. The standard InChI is InChI=1S/C20H22ClN3O2S/c1-26-18-9-6-15(21)12-17(18)19(25)23-20(27)22-16-7-4-14(5-8-16)13-24-10-2-3-11-24/h4-9,12H,2-3,10-11,13H2,1H3,(H2,22,23,25,27). The number of carbonyl (C=O) groups excluding carboxylic acids is 1. The number of halogens is 1. The van der Waals surface area contributed by atoms with E-state index in [-0.39, 0.29) is 11.0 Å². The van der Waals surface area contributed by atoms with Crippen LogP contribution in [-0.2, 0) is 6.54 Å². The van der Waals surface area contributed by atoms with Crippen molar-refractivity contribution in [2.45, 2.75) is 19.4 Å². The number of methoxy groups -OCH3 is 1. The van der Waals surface area contributed by atoms with Crippen molar-refractivity contribution in [3.8, 4) is 5.75 Å². The number of hydrogen-bond acceptors (Lipinski definition) is 4. The average Bonchev–Trinajstić information content (AvgIpc) is 3.16. The second-order valence-corrected chi connectivity index (χ2v) is 7.28. The van der Waals surface area contributed by atoms with Crippen LogP contribution in [0.25, 0.3) is 0 Å². The number of amides is 1. The minimum absolute atomic E-state index is 0.217. The highest BCUT2D eigenvalue weighted by Gasteiger charge is 2.15. The van der Waals surface area contributed by atoms with Gasteiger partial charge in [-0.3, -0.25) is 15.0 Å². The topological polar surface area (TPSA) is 53.6 Å². The normalized spacial score (nSPS) is 14.0. The van der Waals surface area contributed by atoms with E-state index in [4.69, 9.17) is 28.6 Å². The molecule has 0 bridgehead atoms. The van der Waals surface area contributed by atoms with Crippen molar-refractivity contribution in [1.82, 2.24) is 10.2 Å². The molecule has 1 fully saturated rings. The fourth-order valence-electron chi connectivity index (χ4n) is 3.08. The number of likely N-dealkylation sites (tertiary alicyclic amines) is 1. The summed E-state index contributed by atoms with van der Waals surface area (Å²) in [5.41, 5.74) is 2.42. The molecule has 0 saturated carbocycles. The Morgan fingerprint density at radius 2 is 1.89 bits per heavy atom. The van der Waals surface area contributed by atoms with Crippen LogP contribution in [0.2, 0.25) is 5.02 Å². The number of benzene rings is 2. The quantitative estimate of drug-likeness (QED) is 0.737. The van der Waals surface area contributed by atoms with E-state index in [1.807, 2.05) is 12.1 Å². The lowest BCUT2D eigenvalue weighted by Gasteiger charge is -2.15. The van der Waals surface area contributed by atoms with Crippen molar-refractivity contribution in [1.29, 1.82) is 0 Å². The van der Waals surface area contributed by atoms with Gasteiger partial charge in [0.15, 0.2) is 5.11 Å². The van der Waals surface area contributed by atoms with Crippen LogP contribution in [0.5, 0.6) is 5.75 Å². The molecule has 0 atom stereocenters. The van der Waals surface area contributed by atoms with Gasteiger partial charge in [-0.1, -0.05) is 23.7 Å². The highest BCUT2D eigenvalue weighted by Crippen LogP contribution is 2.22. The Kier molecular flexibility index (Phi) is 6.66. The summed E-state index contributed by atoms with van der Waals surface area (Å²) in [5, 5.41) is 6.35. The van der Waals surface area contributed by atoms with E-state index < -0.39 is 0 Å². The van der Waals surface area contributed by atoms with Gasteiger partial charge in [-0.05, 0) is 74.0 Å². The van der Waals surface area contributed by atoms with E-state index in [0.717, 1.165) is 12.2 Å². The van der Waals surface area contributed by atoms with E-state index in [2.05, 4.69) is 27.7 Å². The highest BCUT2D eigenvalue weighted by atomic mass is 35.5. The van der Waals surface area contributed by atoms with Gasteiger partial charge in [0.2, 0.25) is 0 Å². The van der Waals surface area contributed by atoms with Gasteiger partial charge in [0, 0.05) is 17.3 Å². The Morgan fingerprint density at radius 1 is 1.19 bits per heavy atom. The summed E-state index contributed by atoms with van der Waals surface area (Å²) in [6.07, 6.45) is 2.57. The van der Waals surface area contributed by atoms with E-state index in [1.54, 1.807) is 18.2 Å². The molecule has 3 rings (SSSR count). The van der Waals surface area contributed by atoms with Crippen LogP contribution in [0.4, 0.5) is 5.69 Å². The molecule has 1 amide bonds. The number of carbonyl (C=O) groups is 1. The fourth-order valence-corrected chi connectivity index (χ4v) is 3.47. The first-order valence-electron chi connectivity index (χ1n) is 8.82. The molecule has 27 heavy (non-hydrogen) atoms. The maximum absolute atomic E-state index is 12.4. The first-order valence-corrected chi connectivity index (χ1v) is 9.61. The van der Waals surface area contributed by atoms with Crippen molar-refractivity contribution in [2.24, 2.45) is 0 Å². The summed E-state index contributed by atoms with van der Waals surface area (Å²) >= 11 is 11.2. The first-order chi connectivity index (χ1) is 13.0. The summed E-state index contributed by atoms with van der Waals surface area (Å²) in [7, 11) is 1.50. The Labute approximate surface area is 169 Å². The zero-order valence-electron chi connectivity index (χ0n) is 15.1. The van der Waals surface area contributed by atoms with Gasteiger partial charge in [0.05, 0.1) is 12.7 Å². The summed E-state index contributed by atoms with van der Waals surface area (Å²) in [6, 6.07) is 12.9. The largest absolute Gasteiger partial charge is 0.496 e.